The predicted molar refractivity (Wildman–Crippen MR) is 77.6 cm³/mol. The van der Waals surface area contributed by atoms with Crippen molar-refractivity contribution in [1.82, 2.24) is 4.31 Å². The van der Waals surface area contributed by atoms with Crippen molar-refractivity contribution in [2.45, 2.75) is 19.4 Å². The number of nitriles is 1. The van der Waals surface area contributed by atoms with Gasteiger partial charge in [-0.1, -0.05) is 0 Å². The molecule has 0 aromatic heterocycles. The van der Waals surface area contributed by atoms with Crippen LogP contribution in [0.4, 0.5) is 5.69 Å². The first-order chi connectivity index (χ1) is 9.36. The highest BCUT2D eigenvalue weighted by molar-refractivity contribution is 7.89. The number of nitrogen functional groups attached to an aromatic ring is 1. The molecule has 0 saturated carbocycles. The van der Waals surface area contributed by atoms with E-state index in [4.69, 9.17) is 15.7 Å². The van der Waals surface area contributed by atoms with Gasteiger partial charge in [-0.3, -0.25) is 0 Å². The second-order valence-corrected chi connectivity index (χ2v) is 6.61. The van der Waals surface area contributed by atoms with E-state index in [0.717, 1.165) is 0 Å². The average molecular weight is 297 g/mol. The summed E-state index contributed by atoms with van der Waals surface area (Å²) in [4.78, 5) is 0. The molecule has 0 heterocycles. The fourth-order valence-electron chi connectivity index (χ4n) is 1.51. The first kappa shape index (κ1) is 16.3. The molecule has 1 atom stereocenters. The van der Waals surface area contributed by atoms with Crippen molar-refractivity contribution in [1.29, 1.82) is 5.26 Å². The Kier molecular flexibility index (Phi) is 5.80. The number of ether oxygens (including phenoxy) is 1. The SMILES string of the molecule is CC(CC#N)N(C)S(=O)(=O)CCOc1ccc(N)cc1. The molecule has 0 radical (unpaired) electrons. The normalized spacial score (nSPS) is 12.9. The fourth-order valence-corrected chi connectivity index (χ4v) is 2.71. The molecule has 0 spiro atoms. The van der Waals surface area contributed by atoms with Crippen LogP contribution in [0.5, 0.6) is 5.75 Å². The van der Waals surface area contributed by atoms with Crippen LogP contribution in [-0.2, 0) is 10.0 Å². The second kappa shape index (κ2) is 7.12. The fraction of sp³-hybridized carbons (Fsp3) is 0.462. The summed E-state index contributed by atoms with van der Waals surface area (Å²) in [7, 11) is -1.95. The van der Waals surface area contributed by atoms with Gasteiger partial charge in [-0.05, 0) is 31.2 Å². The summed E-state index contributed by atoms with van der Waals surface area (Å²) < 4.78 is 30.6. The van der Waals surface area contributed by atoms with Gasteiger partial charge in [-0.15, -0.1) is 0 Å². The quantitative estimate of drug-likeness (QED) is 0.763. The summed E-state index contributed by atoms with van der Waals surface area (Å²) >= 11 is 0. The van der Waals surface area contributed by atoms with Crippen molar-refractivity contribution >= 4 is 15.7 Å². The Labute approximate surface area is 119 Å². The molecule has 7 heteroatoms. The number of benzene rings is 1. The molecule has 1 aromatic carbocycles. The van der Waals surface area contributed by atoms with Gasteiger partial charge in [-0.2, -0.15) is 5.26 Å². The number of hydrogen-bond donors (Lipinski definition) is 1. The zero-order valence-corrected chi connectivity index (χ0v) is 12.4. The third-order valence-electron chi connectivity index (χ3n) is 2.94. The van der Waals surface area contributed by atoms with Gasteiger partial charge in [0, 0.05) is 18.8 Å². The smallest absolute Gasteiger partial charge is 0.217 e. The molecule has 110 valence electrons. The first-order valence-corrected chi connectivity index (χ1v) is 7.78. The van der Waals surface area contributed by atoms with Crippen LogP contribution in [0.3, 0.4) is 0 Å². The number of nitrogens with two attached hydrogens (primary N) is 1. The number of anilines is 1. The third-order valence-corrected chi connectivity index (χ3v) is 4.86. The summed E-state index contributed by atoms with van der Waals surface area (Å²) in [5, 5.41) is 8.59. The van der Waals surface area contributed by atoms with Crippen LogP contribution in [-0.4, -0.2) is 38.2 Å². The lowest BCUT2D eigenvalue weighted by Gasteiger charge is -2.22. The van der Waals surface area contributed by atoms with E-state index < -0.39 is 10.0 Å². The van der Waals surface area contributed by atoms with E-state index in [1.165, 1.54) is 11.4 Å². The van der Waals surface area contributed by atoms with Gasteiger partial charge in [0.1, 0.15) is 12.4 Å². The van der Waals surface area contributed by atoms with Crippen LogP contribution in [0.2, 0.25) is 0 Å². The monoisotopic (exact) mass is 297 g/mol. The zero-order valence-electron chi connectivity index (χ0n) is 11.6. The van der Waals surface area contributed by atoms with Crippen molar-refractivity contribution in [3.05, 3.63) is 24.3 Å². The summed E-state index contributed by atoms with van der Waals surface area (Å²) in [5.41, 5.74) is 6.16. The van der Waals surface area contributed by atoms with Crippen LogP contribution < -0.4 is 10.5 Å². The molecule has 2 N–H and O–H groups in total. The molecule has 20 heavy (non-hydrogen) atoms. The largest absolute Gasteiger partial charge is 0.492 e. The second-order valence-electron chi connectivity index (χ2n) is 4.46. The third kappa shape index (κ3) is 4.72. The first-order valence-electron chi connectivity index (χ1n) is 6.18. The number of rotatable bonds is 7. The Morgan fingerprint density at radius 1 is 1.40 bits per heavy atom. The molecule has 0 saturated heterocycles. The average Bonchev–Trinajstić information content (AvgIpc) is 2.40. The van der Waals surface area contributed by atoms with Gasteiger partial charge in [0.2, 0.25) is 10.0 Å². The van der Waals surface area contributed by atoms with Crippen LogP contribution in [0.25, 0.3) is 0 Å². The lowest BCUT2D eigenvalue weighted by molar-refractivity contribution is 0.332. The van der Waals surface area contributed by atoms with Gasteiger partial charge < -0.3 is 10.5 Å². The Morgan fingerprint density at radius 3 is 2.55 bits per heavy atom. The van der Waals surface area contributed by atoms with Gasteiger partial charge in [0.25, 0.3) is 0 Å². The van der Waals surface area contributed by atoms with Crippen molar-refractivity contribution in [3.8, 4) is 11.8 Å². The maximum atomic E-state index is 12.0. The highest BCUT2D eigenvalue weighted by atomic mass is 32.2. The molecule has 0 aliphatic carbocycles. The Balaban J connectivity index is 2.51. The number of hydrogen-bond acceptors (Lipinski definition) is 5. The standard InChI is InChI=1S/C13H19N3O3S/c1-11(7-8-14)16(2)20(17,18)10-9-19-13-5-3-12(15)4-6-13/h3-6,11H,7,9-10,15H2,1-2H3. The minimum Gasteiger partial charge on any atom is -0.492 e. The molecular formula is C13H19N3O3S. The van der Waals surface area contributed by atoms with Gasteiger partial charge in [0.15, 0.2) is 0 Å². The summed E-state index contributed by atoms with van der Waals surface area (Å²) in [6.45, 7) is 1.75. The molecule has 1 unspecified atom stereocenters. The minimum atomic E-state index is -3.43. The number of nitrogens with zero attached hydrogens (tertiary/aromatic N) is 2. The summed E-state index contributed by atoms with van der Waals surface area (Å²) in [6, 6.07) is 8.35. The molecule has 1 aromatic rings. The Hall–Kier alpha value is -1.78. The maximum Gasteiger partial charge on any atom is 0.217 e. The van der Waals surface area contributed by atoms with E-state index in [2.05, 4.69) is 0 Å². The molecule has 0 amide bonds. The van der Waals surface area contributed by atoms with Gasteiger partial charge >= 0.3 is 0 Å². The molecule has 0 aliphatic heterocycles. The molecular weight excluding hydrogens is 278 g/mol. The van der Waals surface area contributed by atoms with E-state index in [1.807, 2.05) is 6.07 Å². The van der Waals surface area contributed by atoms with Crippen LogP contribution in [0.1, 0.15) is 13.3 Å². The lowest BCUT2D eigenvalue weighted by Crippen LogP contribution is -2.37. The summed E-state index contributed by atoms with van der Waals surface area (Å²) in [6.07, 6.45) is 0.161. The molecule has 1 rings (SSSR count). The lowest BCUT2D eigenvalue weighted by atomic mass is 10.3. The zero-order chi connectivity index (χ0) is 15.2. The molecule has 6 nitrogen and oxygen atoms in total. The van der Waals surface area contributed by atoms with Crippen molar-refractivity contribution in [2.75, 3.05) is 25.1 Å². The van der Waals surface area contributed by atoms with Crippen molar-refractivity contribution < 1.29 is 13.2 Å². The van der Waals surface area contributed by atoms with Gasteiger partial charge in [0.05, 0.1) is 18.2 Å². The van der Waals surface area contributed by atoms with E-state index in [1.54, 1.807) is 31.2 Å². The topological polar surface area (TPSA) is 96.4 Å². The molecule has 0 aliphatic rings. The van der Waals surface area contributed by atoms with Crippen molar-refractivity contribution in [2.24, 2.45) is 0 Å². The highest BCUT2D eigenvalue weighted by Crippen LogP contribution is 2.13. The Bertz CT molecular complexity index is 564. The maximum absolute atomic E-state index is 12.0. The van der Waals surface area contributed by atoms with Crippen LogP contribution in [0.15, 0.2) is 24.3 Å². The van der Waals surface area contributed by atoms with Crippen LogP contribution >= 0.6 is 0 Å². The minimum absolute atomic E-state index is 0.0515. The van der Waals surface area contributed by atoms with Gasteiger partial charge in [-0.25, -0.2) is 12.7 Å². The van der Waals surface area contributed by atoms with E-state index in [0.29, 0.717) is 11.4 Å². The summed E-state index contributed by atoms with van der Waals surface area (Å²) in [5.74, 6) is 0.436. The van der Waals surface area contributed by atoms with Crippen LogP contribution in [0, 0.1) is 11.3 Å². The predicted octanol–water partition coefficient (Wildman–Crippen LogP) is 1.21. The Morgan fingerprint density at radius 2 is 2.00 bits per heavy atom. The van der Waals surface area contributed by atoms with E-state index >= 15 is 0 Å². The molecule has 0 bridgehead atoms. The number of sulfonamides is 1. The van der Waals surface area contributed by atoms with Crippen molar-refractivity contribution in [3.63, 3.8) is 0 Å². The van der Waals surface area contributed by atoms with E-state index in [-0.39, 0.29) is 24.8 Å². The van der Waals surface area contributed by atoms with E-state index in [9.17, 15) is 8.42 Å². The highest BCUT2D eigenvalue weighted by Gasteiger charge is 2.22. The molecule has 0 fully saturated rings.